The lowest BCUT2D eigenvalue weighted by molar-refractivity contribution is 0.0526. The maximum atomic E-state index is 12.9. The Morgan fingerprint density at radius 2 is 1.91 bits per heavy atom. The predicted molar refractivity (Wildman–Crippen MR) is 141 cm³/mol. The van der Waals surface area contributed by atoms with Crippen molar-refractivity contribution >= 4 is 51.2 Å². The van der Waals surface area contributed by atoms with Crippen LogP contribution >= 0.6 is 35.2 Å². The quantitative estimate of drug-likeness (QED) is 0.412. The highest BCUT2D eigenvalue weighted by molar-refractivity contribution is 7.80. The Kier molecular flexibility index (Phi) is 8.63. The van der Waals surface area contributed by atoms with Gasteiger partial charge in [0.25, 0.3) is 0 Å². The number of esters is 1. The molecule has 1 fully saturated rings. The second-order valence-electron chi connectivity index (χ2n) is 8.67. The molecule has 0 unspecified atom stereocenters. The van der Waals surface area contributed by atoms with Gasteiger partial charge in [-0.25, -0.2) is 4.79 Å². The number of aryl methyl sites for hydroxylation is 1. The van der Waals surface area contributed by atoms with Crippen LogP contribution in [0.1, 0.15) is 59.0 Å². The SMILES string of the molecule is CCOC(=O)c1c(NC(=S)N2CCN(Cc3cccc(Cl)c3)CC2)sc2c1CCCCCC2. The molecule has 8 heteroatoms. The number of anilines is 1. The Labute approximate surface area is 211 Å². The summed E-state index contributed by atoms with van der Waals surface area (Å²) in [5, 5.41) is 5.75. The van der Waals surface area contributed by atoms with E-state index in [1.807, 2.05) is 25.1 Å². The average molecular weight is 506 g/mol. The maximum Gasteiger partial charge on any atom is 0.341 e. The van der Waals surface area contributed by atoms with E-state index in [4.69, 9.17) is 28.6 Å². The van der Waals surface area contributed by atoms with Crippen LogP contribution in [0.3, 0.4) is 0 Å². The van der Waals surface area contributed by atoms with E-state index in [-0.39, 0.29) is 5.97 Å². The number of benzene rings is 1. The number of rotatable bonds is 5. The molecule has 0 amide bonds. The minimum absolute atomic E-state index is 0.229. The molecule has 4 rings (SSSR count). The fraction of sp³-hybridized carbons (Fsp3) is 0.520. The number of thiocarbonyl (C=S) groups is 1. The first kappa shape index (κ1) is 24.5. The molecule has 0 spiro atoms. The number of hydrogen-bond acceptors (Lipinski definition) is 5. The summed E-state index contributed by atoms with van der Waals surface area (Å²) in [6.45, 7) is 6.69. The Morgan fingerprint density at radius 3 is 2.64 bits per heavy atom. The maximum absolute atomic E-state index is 12.9. The third-order valence-corrected chi connectivity index (χ3v) is 8.13. The number of nitrogens with one attached hydrogen (secondary N) is 1. The second kappa shape index (κ2) is 11.6. The Morgan fingerprint density at radius 1 is 1.15 bits per heavy atom. The molecule has 1 aliphatic carbocycles. The van der Waals surface area contributed by atoms with Gasteiger partial charge in [-0.3, -0.25) is 4.90 Å². The minimum atomic E-state index is -0.229. The first-order chi connectivity index (χ1) is 16.0. The molecule has 1 saturated heterocycles. The van der Waals surface area contributed by atoms with Crippen LogP contribution in [0.5, 0.6) is 0 Å². The number of fused-ring (bicyclic) bond motifs is 1. The molecule has 2 aliphatic rings. The summed E-state index contributed by atoms with van der Waals surface area (Å²) >= 11 is 13.6. The summed E-state index contributed by atoms with van der Waals surface area (Å²) in [5.74, 6) is -0.229. The van der Waals surface area contributed by atoms with Gasteiger partial charge in [0.15, 0.2) is 5.11 Å². The van der Waals surface area contributed by atoms with Gasteiger partial charge in [0, 0.05) is 42.6 Å². The molecular formula is C25H32ClN3O2S2. The largest absolute Gasteiger partial charge is 0.462 e. The van der Waals surface area contributed by atoms with E-state index in [1.165, 1.54) is 35.3 Å². The summed E-state index contributed by atoms with van der Waals surface area (Å²) in [7, 11) is 0. The molecule has 1 aromatic carbocycles. The first-order valence-corrected chi connectivity index (χ1v) is 13.5. The van der Waals surface area contributed by atoms with E-state index in [2.05, 4.69) is 21.2 Å². The summed E-state index contributed by atoms with van der Waals surface area (Å²) in [4.78, 5) is 18.8. The minimum Gasteiger partial charge on any atom is -0.462 e. The highest BCUT2D eigenvalue weighted by atomic mass is 35.5. The molecule has 2 aromatic rings. The zero-order chi connectivity index (χ0) is 23.2. The topological polar surface area (TPSA) is 44.8 Å². The fourth-order valence-electron chi connectivity index (χ4n) is 4.61. The van der Waals surface area contributed by atoms with Crippen molar-refractivity contribution in [1.82, 2.24) is 9.80 Å². The lowest BCUT2D eigenvalue weighted by Gasteiger charge is -2.36. The third-order valence-electron chi connectivity index (χ3n) is 6.33. The van der Waals surface area contributed by atoms with Crippen LogP contribution in [-0.4, -0.2) is 53.7 Å². The molecule has 0 atom stereocenters. The standard InChI is InChI=1S/C25H32ClN3O2S2/c1-2-31-24(30)22-20-10-5-3-4-6-11-21(20)33-23(22)27-25(32)29-14-12-28(13-15-29)17-18-8-7-9-19(26)16-18/h7-9,16H,2-6,10-15,17H2,1H3,(H,27,32). The summed E-state index contributed by atoms with van der Waals surface area (Å²) < 4.78 is 5.43. The molecule has 33 heavy (non-hydrogen) atoms. The number of ether oxygens (including phenoxy) is 1. The van der Waals surface area contributed by atoms with Gasteiger partial charge in [0.1, 0.15) is 5.00 Å². The van der Waals surface area contributed by atoms with Gasteiger partial charge in [-0.1, -0.05) is 36.6 Å². The fourth-order valence-corrected chi connectivity index (χ4v) is 6.44. The van der Waals surface area contributed by atoms with E-state index in [9.17, 15) is 4.79 Å². The molecular weight excluding hydrogens is 474 g/mol. The number of hydrogen-bond donors (Lipinski definition) is 1. The molecule has 0 radical (unpaired) electrons. The highest BCUT2D eigenvalue weighted by Crippen LogP contribution is 2.37. The number of piperazine rings is 1. The van der Waals surface area contributed by atoms with Crippen molar-refractivity contribution in [2.75, 3.05) is 38.1 Å². The molecule has 178 valence electrons. The van der Waals surface area contributed by atoms with Gasteiger partial charge in [0.05, 0.1) is 12.2 Å². The van der Waals surface area contributed by atoms with Gasteiger partial charge < -0.3 is 15.0 Å². The van der Waals surface area contributed by atoms with Crippen molar-refractivity contribution in [3.8, 4) is 0 Å². The van der Waals surface area contributed by atoms with Crippen molar-refractivity contribution in [1.29, 1.82) is 0 Å². The predicted octanol–water partition coefficient (Wildman–Crippen LogP) is 5.75. The summed E-state index contributed by atoms with van der Waals surface area (Å²) in [6, 6.07) is 8.05. The average Bonchev–Trinajstić information content (AvgIpc) is 3.10. The number of halogens is 1. The Hall–Kier alpha value is -1.67. The molecule has 1 N–H and O–H groups in total. The van der Waals surface area contributed by atoms with Gasteiger partial charge in [-0.05, 0) is 68.1 Å². The van der Waals surface area contributed by atoms with Crippen molar-refractivity contribution < 1.29 is 9.53 Å². The number of carbonyl (C=O) groups excluding carboxylic acids is 1. The Balaban J connectivity index is 1.41. The second-order valence-corrected chi connectivity index (χ2v) is 10.6. The first-order valence-electron chi connectivity index (χ1n) is 11.9. The van der Waals surface area contributed by atoms with E-state index in [1.54, 1.807) is 11.3 Å². The van der Waals surface area contributed by atoms with Crippen LogP contribution in [-0.2, 0) is 24.1 Å². The van der Waals surface area contributed by atoms with Gasteiger partial charge in [0.2, 0.25) is 0 Å². The van der Waals surface area contributed by atoms with Crippen molar-refractivity contribution in [3.63, 3.8) is 0 Å². The number of carbonyl (C=O) groups is 1. The van der Waals surface area contributed by atoms with Gasteiger partial charge in [-0.15, -0.1) is 11.3 Å². The van der Waals surface area contributed by atoms with Crippen LogP contribution in [0.4, 0.5) is 5.00 Å². The normalized spacial score (nSPS) is 17.1. The molecule has 1 aliphatic heterocycles. The van der Waals surface area contributed by atoms with Crippen LogP contribution in [0.15, 0.2) is 24.3 Å². The van der Waals surface area contributed by atoms with Gasteiger partial charge >= 0.3 is 5.97 Å². The lowest BCUT2D eigenvalue weighted by atomic mass is 9.96. The van der Waals surface area contributed by atoms with Crippen LogP contribution in [0, 0.1) is 0 Å². The molecule has 5 nitrogen and oxygen atoms in total. The van der Waals surface area contributed by atoms with Crippen molar-refractivity contribution in [2.45, 2.75) is 52.0 Å². The molecule has 2 heterocycles. The molecule has 0 bridgehead atoms. The molecule has 0 saturated carbocycles. The Bertz CT molecular complexity index is 986. The summed E-state index contributed by atoms with van der Waals surface area (Å²) in [5.41, 5.74) is 3.11. The van der Waals surface area contributed by atoms with Crippen LogP contribution in [0.25, 0.3) is 0 Å². The zero-order valence-electron chi connectivity index (χ0n) is 19.2. The van der Waals surface area contributed by atoms with Crippen LogP contribution < -0.4 is 5.32 Å². The van der Waals surface area contributed by atoms with Crippen molar-refractivity contribution in [3.05, 3.63) is 50.9 Å². The van der Waals surface area contributed by atoms with Gasteiger partial charge in [-0.2, -0.15) is 0 Å². The zero-order valence-corrected chi connectivity index (χ0v) is 21.6. The van der Waals surface area contributed by atoms with E-state index < -0.39 is 0 Å². The highest BCUT2D eigenvalue weighted by Gasteiger charge is 2.27. The smallest absolute Gasteiger partial charge is 0.341 e. The third kappa shape index (κ3) is 6.27. The summed E-state index contributed by atoms with van der Waals surface area (Å²) in [6.07, 6.45) is 6.74. The monoisotopic (exact) mass is 505 g/mol. The van der Waals surface area contributed by atoms with E-state index in [0.717, 1.165) is 62.0 Å². The van der Waals surface area contributed by atoms with E-state index in [0.29, 0.717) is 17.3 Å². The number of nitrogens with zero attached hydrogens (tertiary/aromatic N) is 2. The lowest BCUT2D eigenvalue weighted by Crippen LogP contribution is -2.49. The molecule has 1 aromatic heterocycles. The van der Waals surface area contributed by atoms with E-state index >= 15 is 0 Å². The van der Waals surface area contributed by atoms with Crippen LogP contribution in [0.2, 0.25) is 5.02 Å². The van der Waals surface area contributed by atoms with Crippen molar-refractivity contribution in [2.24, 2.45) is 0 Å². The number of thiophene rings is 1.